The number of rotatable bonds is 3. The number of aromatic nitrogens is 1. The molecule has 0 amide bonds. The average Bonchev–Trinajstić information content (AvgIpc) is 2.94. The van der Waals surface area contributed by atoms with E-state index in [1.165, 1.54) is 0 Å². The highest BCUT2D eigenvalue weighted by Crippen LogP contribution is 2.31. The van der Waals surface area contributed by atoms with Gasteiger partial charge in [0.15, 0.2) is 0 Å². The van der Waals surface area contributed by atoms with Crippen molar-refractivity contribution in [1.82, 2.24) is 4.98 Å². The van der Waals surface area contributed by atoms with E-state index in [0.717, 1.165) is 21.0 Å². The maximum absolute atomic E-state index is 5.96. The van der Waals surface area contributed by atoms with Crippen LogP contribution in [0.1, 0.15) is 10.8 Å². The highest BCUT2D eigenvalue weighted by atomic mass is 32.1. The van der Waals surface area contributed by atoms with Crippen molar-refractivity contribution in [3.63, 3.8) is 0 Å². The molecule has 0 aliphatic rings. The molecule has 2 aromatic heterocycles. The van der Waals surface area contributed by atoms with Crippen LogP contribution in [-0.2, 0) is 6.61 Å². The number of furan rings is 1. The Labute approximate surface area is 108 Å². The molecule has 2 N–H and O–H groups in total. The van der Waals surface area contributed by atoms with E-state index in [4.69, 9.17) is 14.9 Å². The molecule has 3 rings (SSSR count). The first-order chi connectivity index (χ1) is 8.72. The van der Waals surface area contributed by atoms with Gasteiger partial charge in [0.05, 0.1) is 27.2 Å². The number of thiazole rings is 1. The van der Waals surface area contributed by atoms with Gasteiger partial charge in [-0.1, -0.05) is 0 Å². The first-order valence-corrected chi connectivity index (χ1v) is 6.36. The van der Waals surface area contributed by atoms with E-state index in [1.54, 1.807) is 17.6 Å². The Balaban J connectivity index is 1.88. The number of nitrogens with zero attached hydrogens (tertiary/aromatic N) is 1. The molecule has 92 valence electrons. The fraction of sp³-hybridized carbons (Fsp3) is 0.154. The topological polar surface area (TPSA) is 61.3 Å². The number of hydrogen-bond acceptors (Lipinski definition) is 5. The van der Waals surface area contributed by atoms with Crippen molar-refractivity contribution >= 4 is 27.2 Å². The summed E-state index contributed by atoms with van der Waals surface area (Å²) in [5.74, 6) is 1.41. The van der Waals surface area contributed by atoms with Crippen molar-refractivity contribution in [2.24, 2.45) is 0 Å². The quantitative estimate of drug-likeness (QED) is 0.733. The fourth-order valence-electron chi connectivity index (χ4n) is 1.75. The van der Waals surface area contributed by atoms with Crippen LogP contribution in [0.2, 0.25) is 0 Å². The second kappa shape index (κ2) is 4.34. The summed E-state index contributed by atoms with van der Waals surface area (Å²) < 4.78 is 11.9. The lowest BCUT2D eigenvalue weighted by molar-refractivity contribution is 0.272. The van der Waals surface area contributed by atoms with Crippen LogP contribution in [0.4, 0.5) is 5.69 Å². The number of ether oxygens (including phenoxy) is 1. The van der Waals surface area contributed by atoms with Gasteiger partial charge in [0, 0.05) is 6.07 Å². The van der Waals surface area contributed by atoms with Crippen LogP contribution in [0.5, 0.6) is 5.75 Å². The van der Waals surface area contributed by atoms with Crippen molar-refractivity contribution in [3.8, 4) is 5.75 Å². The minimum atomic E-state index is 0.367. The Kier molecular flexibility index (Phi) is 2.68. The summed E-state index contributed by atoms with van der Waals surface area (Å²) in [7, 11) is 0. The van der Waals surface area contributed by atoms with Crippen LogP contribution >= 0.6 is 11.3 Å². The van der Waals surface area contributed by atoms with Crippen LogP contribution in [0.15, 0.2) is 34.9 Å². The zero-order chi connectivity index (χ0) is 12.5. The molecule has 5 heteroatoms. The van der Waals surface area contributed by atoms with Gasteiger partial charge in [-0.05, 0) is 25.1 Å². The zero-order valence-corrected chi connectivity index (χ0v) is 10.7. The van der Waals surface area contributed by atoms with Gasteiger partial charge in [-0.15, -0.1) is 11.3 Å². The molecule has 18 heavy (non-hydrogen) atoms. The summed E-state index contributed by atoms with van der Waals surface area (Å²) in [5.41, 5.74) is 7.50. The molecule has 0 aliphatic heterocycles. The van der Waals surface area contributed by atoms with Crippen LogP contribution in [-0.4, -0.2) is 4.98 Å². The third kappa shape index (κ3) is 2.04. The molecule has 0 fully saturated rings. The standard InChI is InChI=1S/C13H12N2O2S/c1-8-15-11-6-12(10(14)5-13(11)18-8)17-7-9-3-2-4-16-9/h2-6H,7,14H2,1H3. The molecule has 0 radical (unpaired) electrons. The first kappa shape index (κ1) is 11.1. The van der Waals surface area contributed by atoms with Crippen molar-refractivity contribution in [2.75, 3.05) is 5.73 Å². The molecule has 0 saturated heterocycles. The van der Waals surface area contributed by atoms with Gasteiger partial charge < -0.3 is 14.9 Å². The van der Waals surface area contributed by atoms with Gasteiger partial charge in [-0.3, -0.25) is 0 Å². The van der Waals surface area contributed by atoms with E-state index in [-0.39, 0.29) is 0 Å². The van der Waals surface area contributed by atoms with Crippen molar-refractivity contribution in [2.45, 2.75) is 13.5 Å². The SMILES string of the molecule is Cc1nc2cc(OCc3ccco3)c(N)cc2s1. The molecule has 0 unspecified atom stereocenters. The Bertz CT molecular complexity index is 674. The highest BCUT2D eigenvalue weighted by Gasteiger charge is 2.08. The summed E-state index contributed by atoms with van der Waals surface area (Å²) in [4.78, 5) is 4.42. The Morgan fingerprint density at radius 3 is 3.11 bits per heavy atom. The fourth-order valence-corrected chi connectivity index (χ4v) is 2.61. The van der Waals surface area contributed by atoms with Gasteiger partial charge in [-0.25, -0.2) is 4.98 Å². The monoisotopic (exact) mass is 260 g/mol. The molecular formula is C13H12N2O2S. The second-order valence-electron chi connectivity index (χ2n) is 3.96. The van der Waals surface area contributed by atoms with Crippen LogP contribution in [0, 0.1) is 6.92 Å². The number of hydrogen-bond donors (Lipinski definition) is 1. The normalized spacial score (nSPS) is 10.9. The molecule has 1 aromatic carbocycles. The number of aryl methyl sites for hydroxylation is 1. The molecule has 0 bridgehead atoms. The molecule has 0 aliphatic carbocycles. The zero-order valence-electron chi connectivity index (χ0n) is 9.84. The minimum absolute atomic E-state index is 0.367. The average molecular weight is 260 g/mol. The van der Waals surface area contributed by atoms with Gasteiger partial charge in [0.25, 0.3) is 0 Å². The lowest BCUT2D eigenvalue weighted by Gasteiger charge is -2.07. The minimum Gasteiger partial charge on any atom is -0.483 e. The van der Waals surface area contributed by atoms with Crippen molar-refractivity contribution in [1.29, 1.82) is 0 Å². The maximum atomic E-state index is 5.96. The second-order valence-corrected chi connectivity index (χ2v) is 5.19. The van der Waals surface area contributed by atoms with E-state index in [9.17, 15) is 0 Å². The number of benzene rings is 1. The molecule has 2 heterocycles. The molecule has 0 saturated carbocycles. The number of nitrogens with two attached hydrogens (primary N) is 1. The van der Waals surface area contributed by atoms with Crippen molar-refractivity contribution < 1.29 is 9.15 Å². The largest absolute Gasteiger partial charge is 0.483 e. The molecule has 0 atom stereocenters. The number of nitrogen functional groups attached to an aromatic ring is 1. The highest BCUT2D eigenvalue weighted by molar-refractivity contribution is 7.18. The van der Waals surface area contributed by atoms with Crippen LogP contribution < -0.4 is 10.5 Å². The van der Waals surface area contributed by atoms with Gasteiger partial charge in [0.2, 0.25) is 0 Å². The predicted octanol–water partition coefficient (Wildman–Crippen LogP) is 3.36. The number of fused-ring (bicyclic) bond motifs is 1. The van der Waals surface area contributed by atoms with E-state index in [1.807, 2.05) is 31.2 Å². The van der Waals surface area contributed by atoms with Gasteiger partial charge in [0.1, 0.15) is 18.1 Å². The van der Waals surface area contributed by atoms with E-state index in [0.29, 0.717) is 18.0 Å². The van der Waals surface area contributed by atoms with Crippen LogP contribution in [0.3, 0.4) is 0 Å². The van der Waals surface area contributed by atoms with E-state index < -0.39 is 0 Å². The van der Waals surface area contributed by atoms with E-state index >= 15 is 0 Å². The third-order valence-electron chi connectivity index (χ3n) is 2.58. The third-order valence-corrected chi connectivity index (χ3v) is 3.51. The van der Waals surface area contributed by atoms with Crippen LogP contribution in [0.25, 0.3) is 10.2 Å². The Hall–Kier alpha value is -2.01. The molecular weight excluding hydrogens is 248 g/mol. The summed E-state index contributed by atoms with van der Waals surface area (Å²) in [5, 5.41) is 1.02. The Morgan fingerprint density at radius 2 is 2.33 bits per heavy atom. The molecule has 4 nitrogen and oxygen atoms in total. The lowest BCUT2D eigenvalue weighted by atomic mass is 10.3. The number of anilines is 1. The summed E-state index contributed by atoms with van der Waals surface area (Å²) >= 11 is 1.63. The first-order valence-electron chi connectivity index (χ1n) is 5.54. The predicted molar refractivity (Wildman–Crippen MR) is 71.8 cm³/mol. The van der Waals surface area contributed by atoms with Gasteiger partial charge in [-0.2, -0.15) is 0 Å². The van der Waals surface area contributed by atoms with Crippen molar-refractivity contribution in [3.05, 3.63) is 41.3 Å². The maximum Gasteiger partial charge on any atom is 0.146 e. The Morgan fingerprint density at radius 1 is 1.44 bits per heavy atom. The summed E-state index contributed by atoms with van der Waals surface area (Å²) in [6.45, 7) is 2.34. The summed E-state index contributed by atoms with van der Waals surface area (Å²) in [6, 6.07) is 7.46. The molecule has 3 aromatic rings. The van der Waals surface area contributed by atoms with Gasteiger partial charge >= 0.3 is 0 Å². The van der Waals surface area contributed by atoms with E-state index in [2.05, 4.69) is 4.98 Å². The summed E-state index contributed by atoms with van der Waals surface area (Å²) in [6.07, 6.45) is 1.62. The lowest BCUT2D eigenvalue weighted by Crippen LogP contribution is -1.97. The molecule has 0 spiro atoms. The smallest absolute Gasteiger partial charge is 0.146 e.